The molecule has 3 N–H and O–H groups in total. The van der Waals surface area contributed by atoms with Crippen LogP contribution in [-0.2, 0) is 18.4 Å². The van der Waals surface area contributed by atoms with Gasteiger partial charge in [0.1, 0.15) is 22.8 Å². The largest absolute Gasteiger partial charge is 0.480 e. The van der Waals surface area contributed by atoms with Crippen LogP contribution in [0.5, 0.6) is 5.88 Å². The maximum absolute atomic E-state index is 9.27. The zero-order chi connectivity index (χ0) is 20.3. The van der Waals surface area contributed by atoms with Gasteiger partial charge in [0.15, 0.2) is 11.6 Å². The normalized spacial score (nSPS) is 12.9. The van der Waals surface area contributed by atoms with E-state index in [0.29, 0.717) is 29.2 Å². The van der Waals surface area contributed by atoms with Gasteiger partial charge in [-0.05, 0) is 6.07 Å². The van der Waals surface area contributed by atoms with Crippen LogP contribution in [0.15, 0.2) is 18.5 Å². The molecular formula is C17H22ClN7O3. The summed E-state index contributed by atoms with van der Waals surface area (Å²) in [5, 5.41) is 19.8. The molecule has 1 aliphatic rings. The van der Waals surface area contributed by atoms with Crippen LogP contribution in [0.3, 0.4) is 0 Å². The highest BCUT2D eigenvalue weighted by Gasteiger charge is 2.26. The summed E-state index contributed by atoms with van der Waals surface area (Å²) in [4.78, 5) is 10.9. The zero-order valence-electron chi connectivity index (χ0n) is 16.0. The summed E-state index contributed by atoms with van der Waals surface area (Å²) in [5.74, 6) is 1.22. The third-order valence-corrected chi connectivity index (χ3v) is 4.35. The summed E-state index contributed by atoms with van der Waals surface area (Å²) in [6.07, 6.45) is 3.77. The highest BCUT2D eigenvalue weighted by molar-refractivity contribution is 6.32. The number of aromatic amines is 1. The minimum Gasteiger partial charge on any atom is -0.480 e. The average Bonchev–Trinajstić information content (AvgIpc) is 3.41. The molecule has 0 aliphatic carbocycles. The maximum Gasteiger partial charge on any atom is 0.233 e. The Morgan fingerprint density at radius 1 is 1.29 bits per heavy atom. The molecule has 0 radical (unpaired) electrons. The van der Waals surface area contributed by atoms with Gasteiger partial charge in [-0.3, -0.25) is 5.10 Å². The van der Waals surface area contributed by atoms with Gasteiger partial charge in [0.2, 0.25) is 5.88 Å². The van der Waals surface area contributed by atoms with Gasteiger partial charge in [-0.1, -0.05) is 11.6 Å². The number of hydrogen-bond donors (Lipinski definition) is 3. The Kier molecular flexibility index (Phi) is 6.02. The van der Waals surface area contributed by atoms with Crippen molar-refractivity contribution in [1.29, 1.82) is 0 Å². The van der Waals surface area contributed by atoms with Crippen LogP contribution in [0.25, 0.3) is 22.6 Å². The minimum absolute atomic E-state index is 0.213. The SMILES string of the molecule is COC.COc1nc2c(N3C=CNC3)c(-c3n[nH]c(CO)n3)n(C)c2cc1Cl. The molecule has 3 aromatic heterocycles. The Hall–Kier alpha value is -2.82. The number of ether oxygens (including phenoxy) is 2. The number of anilines is 1. The number of nitrogens with zero attached hydrogens (tertiary/aromatic N) is 5. The number of pyridine rings is 1. The standard InChI is InChI=1S/C15H16ClN7O2.C2H6O/c1-22-9-5-8(16)15(25-2)19-11(9)12(23-4-3-17-7-23)13(22)14-18-10(6-24)20-21-14;1-3-2/h3-5,17,24H,6-7H2,1-2H3,(H,18,20,21);1-2H3. The molecular weight excluding hydrogens is 386 g/mol. The van der Waals surface area contributed by atoms with E-state index in [4.69, 9.17) is 16.3 Å². The molecule has 0 amide bonds. The molecule has 10 nitrogen and oxygen atoms in total. The van der Waals surface area contributed by atoms with Crippen molar-refractivity contribution >= 4 is 28.3 Å². The third kappa shape index (κ3) is 3.49. The third-order valence-electron chi connectivity index (χ3n) is 4.08. The van der Waals surface area contributed by atoms with E-state index < -0.39 is 0 Å². The van der Waals surface area contributed by atoms with E-state index in [0.717, 1.165) is 22.4 Å². The van der Waals surface area contributed by atoms with Crippen LogP contribution in [0, 0.1) is 0 Å². The molecule has 0 saturated heterocycles. The first-order valence-corrected chi connectivity index (χ1v) is 8.75. The Morgan fingerprint density at radius 3 is 2.61 bits per heavy atom. The molecule has 0 bridgehead atoms. The van der Waals surface area contributed by atoms with Crippen LogP contribution >= 0.6 is 11.6 Å². The molecule has 1 aliphatic heterocycles. The van der Waals surface area contributed by atoms with Gasteiger partial charge in [0.25, 0.3) is 0 Å². The van der Waals surface area contributed by atoms with Crippen LogP contribution < -0.4 is 15.0 Å². The van der Waals surface area contributed by atoms with Gasteiger partial charge in [-0.2, -0.15) is 5.10 Å². The van der Waals surface area contributed by atoms with Crippen molar-refractivity contribution in [2.45, 2.75) is 6.61 Å². The number of aliphatic hydroxyl groups is 1. The van der Waals surface area contributed by atoms with Crippen molar-refractivity contribution in [3.05, 3.63) is 29.3 Å². The molecule has 0 aromatic carbocycles. The predicted octanol–water partition coefficient (Wildman–Crippen LogP) is 1.61. The van der Waals surface area contributed by atoms with Crippen LogP contribution in [0.2, 0.25) is 5.02 Å². The lowest BCUT2D eigenvalue weighted by Gasteiger charge is -2.15. The highest BCUT2D eigenvalue weighted by Crippen LogP contribution is 2.40. The molecule has 28 heavy (non-hydrogen) atoms. The van der Waals surface area contributed by atoms with Gasteiger partial charge >= 0.3 is 0 Å². The Morgan fingerprint density at radius 2 is 2.04 bits per heavy atom. The van der Waals surface area contributed by atoms with E-state index in [1.165, 1.54) is 7.11 Å². The van der Waals surface area contributed by atoms with E-state index in [-0.39, 0.29) is 6.61 Å². The molecule has 3 aromatic rings. The van der Waals surface area contributed by atoms with Gasteiger partial charge < -0.3 is 29.4 Å². The lowest BCUT2D eigenvalue weighted by Crippen LogP contribution is -2.20. The lowest BCUT2D eigenvalue weighted by molar-refractivity contribution is 0.272. The van der Waals surface area contributed by atoms with Crippen molar-refractivity contribution in [1.82, 2.24) is 30.0 Å². The first-order valence-electron chi connectivity index (χ1n) is 8.37. The summed E-state index contributed by atoms with van der Waals surface area (Å²) >= 11 is 6.26. The Balaban J connectivity index is 0.000000706. The van der Waals surface area contributed by atoms with Crippen LogP contribution in [0.4, 0.5) is 5.69 Å². The molecule has 0 atom stereocenters. The first-order chi connectivity index (χ1) is 13.5. The summed E-state index contributed by atoms with van der Waals surface area (Å²) in [5.41, 5.74) is 3.14. The fraction of sp³-hybridized carbons (Fsp3) is 0.353. The van der Waals surface area contributed by atoms with E-state index in [1.807, 2.05) is 35.0 Å². The number of aromatic nitrogens is 5. The second-order valence-corrected chi connectivity index (χ2v) is 6.33. The second kappa shape index (κ2) is 8.46. The Bertz CT molecular complexity index is 998. The molecule has 4 heterocycles. The monoisotopic (exact) mass is 407 g/mol. The molecule has 0 fully saturated rings. The number of aliphatic hydroxyl groups excluding tert-OH is 1. The van der Waals surface area contributed by atoms with E-state index in [2.05, 4.69) is 30.2 Å². The zero-order valence-corrected chi connectivity index (χ0v) is 16.8. The van der Waals surface area contributed by atoms with Crippen molar-refractivity contribution < 1.29 is 14.6 Å². The van der Waals surface area contributed by atoms with Gasteiger partial charge in [0.05, 0.1) is 25.0 Å². The summed E-state index contributed by atoms with van der Waals surface area (Å²) < 4.78 is 11.5. The highest BCUT2D eigenvalue weighted by atomic mass is 35.5. The number of H-pyrrole nitrogens is 1. The van der Waals surface area contributed by atoms with Crippen molar-refractivity contribution in [3.8, 4) is 17.4 Å². The summed E-state index contributed by atoms with van der Waals surface area (Å²) in [6, 6.07) is 1.81. The number of halogens is 1. The number of nitrogens with one attached hydrogen (secondary N) is 2. The van der Waals surface area contributed by atoms with Crippen LogP contribution in [-0.4, -0.2) is 57.8 Å². The fourth-order valence-electron chi connectivity index (χ4n) is 2.93. The maximum atomic E-state index is 9.27. The van der Waals surface area contributed by atoms with E-state index in [9.17, 15) is 5.11 Å². The second-order valence-electron chi connectivity index (χ2n) is 5.92. The van der Waals surface area contributed by atoms with Crippen molar-refractivity contribution in [3.63, 3.8) is 0 Å². The van der Waals surface area contributed by atoms with Crippen molar-refractivity contribution in [2.24, 2.45) is 7.05 Å². The van der Waals surface area contributed by atoms with Gasteiger partial charge in [-0.15, -0.1) is 0 Å². The van der Waals surface area contributed by atoms with Gasteiger partial charge in [0, 0.05) is 33.7 Å². The minimum atomic E-state index is -0.213. The first kappa shape index (κ1) is 19.9. The van der Waals surface area contributed by atoms with Gasteiger partial charge in [-0.25, -0.2) is 9.97 Å². The Labute approximate surface area is 166 Å². The van der Waals surface area contributed by atoms with Crippen LogP contribution in [0.1, 0.15) is 5.82 Å². The average molecular weight is 408 g/mol. The van der Waals surface area contributed by atoms with Crippen molar-refractivity contribution in [2.75, 3.05) is 32.9 Å². The topological polar surface area (TPSA) is 113 Å². The molecule has 11 heteroatoms. The lowest BCUT2D eigenvalue weighted by atomic mass is 10.2. The number of methoxy groups -OCH3 is 2. The molecule has 150 valence electrons. The smallest absolute Gasteiger partial charge is 0.233 e. The molecule has 0 unspecified atom stereocenters. The summed E-state index contributed by atoms with van der Waals surface area (Å²) in [6.45, 7) is 0.380. The number of rotatable bonds is 4. The number of fused-ring (bicyclic) bond motifs is 1. The summed E-state index contributed by atoms with van der Waals surface area (Å²) in [7, 11) is 6.68. The predicted molar refractivity (Wildman–Crippen MR) is 106 cm³/mol. The van der Waals surface area contributed by atoms with E-state index in [1.54, 1.807) is 14.2 Å². The quantitative estimate of drug-likeness (QED) is 0.597. The fourth-order valence-corrected chi connectivity index (χ4v) is 3.15. The number of aryl methyl sites for hydroxylation is 1. The van der Waals surface area contributed by atoms with E-state index >= 15 is 0 Å². The molecule has 4 rings (SSSR count). The number of hydrogen-bond acceptors (Lipinski definition) is 8. The molecule has 0 spiro atoms. The molecule has 0 saturated carbocycles.